The second kappa shape index (κ2) is 7.82. The third-order valence-corrected chi connectivity index (χ3v) is 5.29. The molecule has 2 heterocycles. The number of piperazine rings is 1. The van der Waals surface area contributed by atoms with E-state index in [0.29, 0.717) is 23.8 Å². The zero-order chi connectivity index (χ0) is 18.8. The monoisotopic (exact) mass is 398 g/mol. The van der Waals surface area contributed by atoms with Gasteiger partial charge in [-0.25, -0.2) is 9.69 Å². The summed E-state index contributed by atoms with van der Waals surface area (Å²) in [6.45, 7) is 4.09. The Morgan fingerprint density at radius 2 is 2.04 bits per heavy atom. The van der Waals surface area contributed by atoms with Crippen molar-refractivity contribution in [2.75, 3.05) is 24.5 Å². The van der Waals surface area contributed by atoms with Gasteiger partial charge >= 0.3 is 6.03 Å². The van der Waals surface area contributed by atoms with Crippen molar-refractivity contribution < 1.29 is 14.4 Å². The lowest BCUT2D eigenvalue weighted by molar-refractivity contribution is -0.132. The minimum Gasteiger partial charge on any atom is -0.340 e. The number of hydrogen-bond donors (Lipinski definition) is 2. The molecule has 4 amide bonds. The first-order valence-electron chi connectivity index (χ1n) is 8.47. The standard InChI is InChI=1S/C17H20Cl2N4O3/c1-10-9-22(7-6-20-10)15(24)5-4-14-16(25)23(17(26)21-14)11-2-3-12(18)13(19)8-11/h2-3,8,10,14,20H,4-7,9H2,1H3,(H,21,26)/t10-,14+/m1/s1. The summed E-state index contributed by atoms with van der Waals surface area (Å²) in [5, 5.41) is 6.51. The van der Waals surface area contributed by atoms with Crippen LogP contribution in [0.3, 0.4) is 0 Å². The van der Waals surface area contributed by atoms with E-state index < -0.39 is 18.0 Å². The van der Waals surface area contributed by atoms with Crippen LogP contribution in [0.5, 0.6) is 0 Å². The van der Waals surface area contributed by atoms with Gasteiger partial charge in [-0.05, 0) is 31.5 Å². The molecule has 1 aromatic carbocycles. The van der Waals surface area contributed by atoms with Gasteiger partial charge in [-0.2, -0.15) is 0 Å². The molecule has 26 heavy (non-hydrogen) atoms. The summed E-state index contributed by atoms with van der Waals surface area (Å²) in [6, 6.07) is 3.56. The molecule has 1 aromatic rings. The highest BCUT2D eigenvalue weighted by Crippen LogP contribution is 2.29. The number of amides is 4. The van der Waals surface area contributed by atoms with Gasteiger partial charge in [-0.1, -0.05) is 23.2 Å². The zero-order valence-electron chi connectivity index (χ0n) is 14.3. The fraction of sp³-hybridized carbons (Fsp3) is 0.471. The molecule has 0 aromatic heterocycles. The molecule has 0 radical (unpaired) electrons. The maximum absolute atomic E-state index is 12.6. The van der Waals surface area contributed by atoms with Crippen LogP contribution in [0.1, 0.15) is 19.8 Å². The summed E-state index contributed by atoms with van der Waals surface area (Å²) >= 11 is 11.8. The minimum atomic E-state index is -0.721. The van der Waals surface area contributed by atoms with Crippen molar-refractivity contribution in [2.45, 2.75) is 31.8 Å². The topological polar surface area (TPSA) is 81.8 Å². The number of carbonyl (C=O) groups excluding carboxylic acids is 3. The first kappa shape index (κ1) is 18.9. The van der Waals surface area contributed by atoms with Gasteiger partial charge < -0.3 is 15.5 Å². The number of halogens is 2. The average Bonchev–Trinajstić information content (AvgIpc) is 2.89. The van der Waals surface area contributed by atoms with Crippen molar-refractivity contribution in [1.29, 1.82) is 0 Å². The number of hydrogen-bond acceptors (Lipinski definition) is 4. The van der Waals surface area contributed by atoms with Crippen LogP contribution in [0.4, 0.5) is 10.5 Å². The van der Waals surface area contributed by atoms with E-state index in [1.165, 1.54) is 12.1 Å². The predicted octanol–water partition coefficient (Wildman–Crippen LogP) is 2.02. The van der Waals surface area contributed by atoms with Crippen molar-refractivity contribution in [2.24, 2.45) is 0 Å². The van der Waals surface area contributed by atoms with Gasteiger partial charge in [-0.15, -0.1) is 0 Å². The van der Waals surface area contributed by atoms with Gasteiger partial charge in [0, 0.05) is 32.1 Å². The molecule has 2 saturated heterocycles. The fourth-order valence-corrected chi connectivity index (χ4v) is 3.47. The number of anilines is 1. The molecule has 2 fully saturated rings. The SMILES string of the molecule is C[C@@H]1CN(C(=O)CC[C@@H]2NC(=O)N(c3ccc(Cl)c(Cl)c3)C2=O)CCN1. The van der Waals surface area contributed by atoms with E-state index in [2.05, 4.69) is 10.6 Å². The molecule has 7 nitrogen and oxygen atoms in total. The van der Waals surface area contributed by atoms with Gasteiger partial charge in [0.15, 0.2) is 0 Å². The molecule has 2 aliphatic heterocycles. The number of benzene rings is 1. The Morgan fingerprint density at radius 3 is 2.73 bits per heavy atom. The van der Waals surface area contributed by atoms with Crippen molar-refractivity contribution in [1.82, 2.24) is 15.5 Å². The van der Waals surface area contributed by atoms with E-state index >= 15 is 0 Å². The maximum atomic E-state index is 12.6. The van der Waals surface area contributed by atoms with Crippen LogP contribution in [0.2, 0.25) is 10.0 Å². The number of rotatable bonds is 4. The van der Waals surface area contributed by atoms with E-state index in [1.54, 1.807) is 11.0 Å². The maximum Gasteiger partial charge on any atom is 0.329 e. The van der Waals surface area contributed by atoms with Crippen LogP contribution in [-0.2, 0) is 9.59 Å². The molecular formula is C17H20Cl2N4O3. The van der Waals surface area contributed by atoms with Crippen LogP contribution in [-0.4, -0.2) is 54.5 Å². The first-order chi connectivity index (χ1) is 12.4. The van der Waals surface area contributed by atoms with Crippen molar-refractivity contribution >= 4 is 46.7 Å². The van der Waals surface area contributed by atoms with Crippen LogP contribution in [0.25, 0.3) is 0 Å². The molecule has 2 atom stereocenters. The van der Waals surface area contributed by atoms with E-state index in [0.717, 1.165) is 11.4 Å². The minimum absolute atomic E-state index is 0.00612. The third kappa shape index (κ3) is 3.95. The molecular weight excluding hydrogens is 379 g/mol. The number of imide groups is 1. The Morgan fingerprint density at radius 1 is 1.27 bits per heavy atom. The third-order valence-electron chi connectivity index (χ3n) is 4.55. The lowest BCUT2D eigenvalue weighted by Gasteiger charge is -2.32. The molecule has 0 aliphatic carbocycles. The lowest BCUT2D eigenvalue weighted by atomic mass is 10.1. The Labute approximate surface area is 161 Å². The number of nitrogens with one attached hydrogen (secondary N) is 2. The molecule has 2 N–H and O–H groups in total. The molecule has 2 aliphatic rings. The van der Waals surface area contributed by atoms with Crippen LogP contribution < -0.4 is 15.5 Å². The summed E-state index contributed by atoms with van der Waals surface area (Å²) in [7, 11) is 0. The fourth-order valence-electron chi connectivity index (χ4n) is 3.18. The summed E-state index contributed by atoms with van der Waals surface area (Å²) in [5.41, 5.74) is 0.353. The van der Waals surface area contributed by atoms with E-state index in [-0.39, 0.29) is 29.8 Å². The Hall–Kier alpha value is -1.83. The van der Waals surface area contributed by atoms with Gasteiger partial charge in [0.1, 0.15) is 6.04 Å². The second-order valence-corrected chi connectivity index (χ2v) is 7.32. The van der Waals surface area contributed by atoms with Crippen molar-refractivity contribution in [3.8, 4) is 0 Å². The quantitative estimate of drug-likeness (QED) is 0.760. The number of urea groups is 1. The highest BCUT2D eigenvalue weighted by Gasteiger charge is 2.39. The zero-order valence-corrected chi connectivity index (χ0v) is 15.8. The molecule has 9 heteroatoms. The Bertz CT molecular complexity index is 743. The van der Waals surface area contributed by atoms with Crippen LogP contribution in [0.15, 0.2) is 18.2 Å². The van der Waals surface area contributed by atoms with E-state index in [1.807, 2.05) is 6.92 Å². The average molecular weight is 399 g/mol. The Kier molecular flexibility index (Phi) is 5.70. The largest absolute Gasteiger partial charge is 0.340 e. The van der Waals surface area contributed by atoms with Crippen molar-refractivity contribution in [3.63, 3.8) is 0 Å². The summed E-state index contributed by atoms with van der Waals surface area (Å²) < 4.78 is 0. The highest BCUT2D eigenvalue weighted by molar-refractivity contribution is 6.42. The summed E-state index contributed by atoms with van der Waals surface area (Å²) in [5.74, 6) is -0.400. The first-order valence-corrected chi connectivity index (χ1v) is 9.23. The normalized spacial score (nSPS) is 23.3. The van der Waals surface area contributed by atoms with Crippen LogP contribution >= 0.6 is 23.2 Å². The second-order valence-electron chi connectivity index (χ2n) is 6.51. The molecule has 0 bridgehead atoms. The molecule has 3 rings (SSSR count). The highest BCUT2D eigenvalue weighted by atomic mass is 35.5. The van der Waals surface area contributed by atoms with Crippen LogP contribution in [0, 0.1) is 0 Å². The number of nitrogens with zero attached hydrogens (tertiary/aromatic N) is 2. The van der Waals surface area contributed by atoms with Crippen molar-refractivity contribution in [3.05, 3.63) is 28.2 Å². The smallest absolute Gasteiger partial charge is 0.329 e. The van der Waals surface area contributed by atoms with Gasteiger partial charge in [0.05, 0.1) is 15.7 Å². The Balaban J connectivity index is 1.61. The molecule has 0 saturated carbocycles. The van der Waals surface area contributed by atoms with Gasteiger partial charge in [0.2, 0.25) is 5.91 Å². The van der Waals surface area contributed by atoms with E-state index in [4.69, 9.17) is 23.2 Å². The summed E-state index contributed by atoms with van der Waals surface area (Å²) in [6.07, 6.45) is 0.470. The van der Waals surface area contributed by atoms with Gasteiger partial charge in [0.25, 0.3) is 5.91 Å². The summed E-state index contributed by atoms with van der Waals surface area (Å²) in [4.78, 5) is 40.0. The lowest BCUT2D eigenvalue weighted by Crippen LogP contribution is -2.51. The predicted molar refractivity (Wildman–Crippen MR) is 99.5 cm³/mol. The number of carbonyl (C=O) groups is 3. The van der Waals surface area contributed by atoms with Gasteiger partial charge in [-0.3, -0.25) is 9.59 Å². The molecule has 0 spiro atoms. The molecule has 140 valence electrons. The molecule has 0 unspecified atom stereocenters. The van der Waals surface area contributed by atoms with E-state index in [9.17, 15) is 14.4 Å².